The van der Waals surface area contributed by atoms with Gasteiger partial charge in [-0.25, -0.2) is 0 Å². The largest absolute Gasteiger partial charge is 0.331 e. The number of hydrogen-bond acceptors (Lipinski definition) is 3. The van der Waals surface area contributed by atoms with Gasteiger partial charge in [0.05, 0.1) is 0 Å². The molecule has 0 aromatic heterocycles. The molecule has 0 unspecified atom stereocenters. The van der Waals surface area contributed by atoms with Crippen LogP contribution in [0.3, 0.4) is 0 Å². The molecule has 0 bridgehead atoms. The fourth-order valence-corrected chi connectivity index (χ4v) is 1.69. The van der Waals surface area contributed by atoms with E-state index in [2.05, 4.69) is 5.48 Å². The zero-order valence-electron chi connectivity index (χ0n) is 6.06. The fourth-order valence-electron chi connectivity index (χ4n) is 1.69. The Morgan fingerprint density at radius 2 is 1.90 bits per heavy atom. The molecule has 0 aromatic rings. The van der Waals surface area contributed by atoms with Gasteiger partial charge in [-0.3, -0.25) is 4.84 Å². The van der Waals surface area contributed by atoms with Crippen LogP contribution in [0, 0.1) is 0 Å². The van der Waals surface area contributed by atoms with Crippen LogP contribution < -0.4 is 5.48 Å². The van der Waals surface area contributed by atoms with Crippen LogP contribution in [0.4, 0.5) is 0 Å². The van der Waals surface area contributed by atoms with Gasteiger partial charge in [0.1, 0.15) is 6.73 Å². The number of nitrogens with one attached hydrogen (secondary N) is 1. The molecule has 1 aliphatic carbocycles. The zero-order chi connectivity index (χ0) is 6.86. The molecule has 0 radical (unpaired) electrons. The first kappa shape index (κ1) is 6.58. The maximum Gasteiger partial charge on any atom is 0.189 e. The quantitative estimate of drug-likeness (QED) is 0.552. The molecule has 2 rings (SSSR count). The van der Waals surface area contributed by atoms with Gasteiger partial charge < -0.3 is 4.74 Å². The highest BCUT2D eigenvalue weighted by atomic mass is 16.8. The summed E-state index contributed by atoms with van der Waals surface area (Å²) in [6.07, 6.45) is 5.91. The minimum atomic E-state index is -0.238. The average Bonchev–Trinajstić information content (AvgIpc) is 2.39. The maximum atomic E-state index is 5.45. The average molecular weight is 143 g/mol. The minimum absolute atomic E-state index is 0.238. The van der Waals surface area contributed by atoms with Crippen molar-refractivity contribution in [2.45, 2.75) is 37.9 Å². The van der Waals surface area contributed by atoms with Crippen LogP contribution in [0.15, 0.2) is 0 Å². The minimum Gasteiger partial charge on any atom is -0.331 e. The van der Waals surface area contributed by atoms with Gasteiger partial charge in [-0.2, -0.15) is 5.48 Å². The predicted octanol–water partition coefficient (Wildman–Crippen LogP) is 1.16. The lowest BCUT2D eigenvalue weighted by atomic mass is 9.94. The lowest BCUT2D eigenvalue weighted by Gasteiger charge is -2.29. The Morgan fingerprint density at radius 3 is 2.50 bits per heavy atom. The van der Waals surface area contributed by atoms with Gasteiger partial charge in [-0.1, -0.05) is 6.42 Å². The van der Waals surface area contributed by atoms with E-state index in [0.717, 1.165) is 12.8 Å². The molecule has 1 heterocycles. The summed E-state index contributed by atoms with van der Waals surface area (Å²) < 4.78 is 5.45. The van der Waals surface area contributed by atoms with E-state index in [9.17, 15) is 0 Å². The van der Waals surface area contributed by atoms with Crippen LogP contribution in [-0.2, 0) is 9.57 Å². The second-order valence-corrected chi connectivity index (χ2v) is 3.01. The molecule has 1 saturated carbocycles. The standard InChI is InChI=1S/C7H13NO2/c1-2-4-7(5-3-1)9-6-8-10-7/h8H,1-6H2. The van der Waals surface area contributed by atoms with Gasteiger partial charge in [0.25, 0.3) is 0 Å². The molecular formula is C7H13NO2. The van der Waals surface area contributed by atoms with E-state index < -0.39 is 0 Å². The smallest absolute Gasteiger partial charge is 0.189 e. The Balaban J connectivity index is 1.98. The lowest BCUT2D eigenvalue weighted by Crippen LogP contribution is -2.33. The topological polar surface area (TPSA) is 30.5 Å². The highest BCUT2D eigenvalue weighted by Gasteiger charge is 2.37. The normalized spacial score (nSPS) is 31.2. The maximum absolute atomic E-state index is 5.45. The second kappa shape index (κ2) is 2.49. The lowest BCUT2D eigenvalue weighted by molar-refractivity contribution is -0.191. The molecule has 1 N–H and O–H groups in total. The van der Waals surface area contributed by atoms with Gasteiger partial charge in [-0.05, 0) is 12.8 Å². The molecule has 0 aromatic carbocycles. The first-order valence-corrected chi connectivity index (χ1v) is 3.96. The summed E-state index contributed by atoms with van der Waals surface area (Å²) >= 11 is 0. The van der Waals surface area contributed by atoms with E-state index in [0.29, 0.717) is 6.73 Å². The summed E-state index contributed by atoms with van der Waals surface area (Å²) in [6.45, 7) is 0.556. The van der Waals surface area contributed by atoms with Crippen LogP contribution in [0.25, 0.3) is 0 Å². The second-order valence-electron chi connectivity index (χ2n) is 3.01. The summed E-state index contributed by atoms with van der Waals surface area (Å²) in [6, 6.07) is 0. The summed E-state index contributed by atoms with van der Waals surface area (Å²) in [5.74, 6) is -0.238. The number of rotatable bonds is 0. The SMILES string of the molecule is C1CCC2(CC1)OCNO2. The van der Waals surface area contributed by atoms with Crippen LogP contribution >= 0.6 is 0 Å². The third-order valence-corrected chi connectivity index (χ3v) is 2.27. The van der Waals surface area contributed by atoms with Gasteiger partial charge in [-0.15, -0.1) is 0 Å². The Labute approximate surface area is 60.6 Å². The van der Waals surface area contributed by atoms with Crippen molar-refractivity contribution < 1.29 is 9.57 Å². The Bertz CT molecular complexity index is 113. The molecule has 58 valence electrons. The van der Waals surface area contributed by atoms with Crippen molar-refractivity contribution >= 4 is 0 Å². The predicted molar refractivity (Wildman–Crippen MR) is 36.0 cm³/mol. The molecule has 2 fully saturated rings. The van der Waals surface area contributed by atoms with Crippen LogP contribution in [0.1, 0.15) is 32.1 Å². The van der Waals surface area contributed by atoms with Gasteiger partial charge >= 0.3 is 0 Å². The van der Waals surface area contributed by atoms with Crippen LogP contribution in [-0.4, -0.2) is 12.5 Å². The zero-order valence-corrected chi connectivity index (χ0v) is 6.06. The summed E-state index contributed by atoms with van der Waals surface area (Å²) in [4.78, 5) is 5.31. The number of hydroxylamine groups is 1. The van der Waals surface area contributed by atoms with Gasteiger partial charge in [0.2, 0.25) is 0 Å². The van der Waals surface area contributed by atoms with Crippen molar-refractivity contribution in [3.8, 4) is 0 Å². The molecule has 10 heavy (non-hydrogen) atoms. The Hall–Kier alpha value is -0.120. The highest BCUT2D eigenvalue weighted by Crippen LogP contribution is 2.33. The van der Waals surface area contributed by atoms with Crippen molar-refractivity contribution in [2.24, 2.45) is 0 Å². The van der Waals surface area contributed by atoms with Gasteiger partial charge in [0.15, 0.2) is 5.79 Å². The van der Waals surface area contributed by atoms with Crippen LogP contribution in [0.2, 0.25) is 0 Å². The van der Waals surface area contributed by atoms with Crippen LogP contribution in [0.5, 0.6) is 0 Å². The first-order chi connectivity index (χ1) is 4.91. The number of hydrogen-bond donors (Lipinski definition) is 1. The fraction of sp³-hybridized carbons (Fsp3) is 1.00. The monoisotopic (exact) mass is 143 g/mol. The van der Waals surface area contributed by atoms with E-state index in [-0.39, 0.29) is 5.79 Å². The molecule has 0 amide bonds. The summed E-state index contributed by atoms with van der Waals surface area (Å²) in [7, 11) is 0. The molecule has 1 spiro atoms. The van der Waals surface area contributed by atoms with Gasteiger partial charge in [0, 0.05) is 12.8 Å². The molecule has 3 heteroatoms. The molecular weight excluding hydrogens is 130 g/mol. The molecule has 1 saturated heterocycles. The Kier molecular flexibility index (Phi) is 1.64. The first-order valence-electron chi connectivity index (χ1n) is 3.96. The third-order valence-electron chi connectivity index (χ3n) is 2.27. The number of ether oxygens (including phenoxy) is 1. The van der Waals surface area contributed by atoms with Crippen molar-refractivity contribution in [3.05, 3.63) is 0 Å². The third kappa shape index (κ3) is 1.05. The summed E-state index contributed by atoms with van der Waals surface area (Å²) in [5.41, 5.74) is 2.76. The molecule has 1 aliphatic heterocycles. The van der Waals surface area contributed by atoms with E-state index in [4.69, 9.17) is 9.57 Å². The molecule has 2 aliphatic rings. The molecule has 3 nitrogen and oxygen atoms in total. The van der Waals surface area contributed by atoms with Crippen molar-refractivity contribution in [2.75, 3.05) is 6.73 Å². The van der Waals surface area contributed by atoms with E-state index in [1.807, 2.05) is 0 Å². The van der Waals surface area contributed by atoms with Crippen molar-refractivity contribution in [1.29, 1.82) is 0 Å². The van der Waals surface area contributed by atoms with Crippen molar-refractivity contribution in [3.63, 3.8) is 0 Å². The van der Waals surface area contributed by atoms with E-state index >= 15 is 0 Å². The van der Waals surface area contributed by atoms with E-state index in [1.165, 1.54) is 19.3 Å². The summed E-state index contributed by atoms with van der Waals surface area (Å²) in [5, 5.41) is 0. The molecule has 0 atom stereocenters. The van der Waals surface area contributed by atoms with E-state index in [1.54, 1.807) is 0 Å². The Morgan fingerprint density at radius 1 is 1.10 bits per heavy atom. The van der Waals surface area contributed by atoms with Crippen molar-refractivity contribution in [1.82, 2.24) is 5.48 Å². The highest BCUT2D eigenvalue weighted by molar-refractivity contribution is 4.76.